The Labute approximate surface area is 236 Å². The Kier molecular flexibility index (Phi) is 6.94. The third kappa shape index (κ3) is 5.45. The summed E-state index contributed by atoms with van der Waals surface area (Å²) >= 11 is 0. The molecule has 6 rings (SSSR count). The van der Waals surface area contributed by atoms with Gasteiger partial charge in [0.05, 0.1) is 29.1 Å². The number of fused-ring (bicyclic) bond motifs is 2. The Morgan fingerprint density at radius 2 is 1.71 bits per heavy atom. The smallest absolute Gasteiger partial charge is 0.370 e. The summed E-state index contributed by atoms with van der Waals surface area (Å²) in [6.45, 7) is 0.485. The van der Waals surface area contributed by atoms with Crippen molar-refractivity contribution in [2.24, 2.45) is 0 Å². The van der Waals surface area contributed by atoms with Crippen LogP contribution in [0.3, 0.4) is 0 Å². The molecule has 1 saturated heterocycles. The summed E-state index contributed by atoms with van der Waals surface area (Å²) in [6, 6.07) is 7.95. The number of H-pyrrole nitrogens is 1. The summed E-state index contributed by atoms with van der Waals surface area (Å²) in [6.07, 6.45) is 0.153. The molecule has 1 fully saturated rings. The minimum atomic E-state index is -5.05. The fourth-order valence-corrected chi connectivity index (χ4v) is 5.86. The van der Waals surface area contributed by atoms with Crippen LogP contribution in [0.5, 0.6) is 0 Å². The van der Waals surface area contributed by atoms with Crippen molar-refractivity contribution >= 4 is 22.4 Å². The second-order valence-corrected chi connectivity index (χ2v) is 10.6. The fraction of sp³-hybridized carbons (Fsp3) is 0.300. The van der Waals surface area contributed by atoms with Gasteiger partial charge in [-0.1, -0.05) is 18.2 Å². The van der Waals surface area contributed by atoms with E-state index in [2.05, 4.69) is 19.9 Å². The number of amides is 1. The molecule has 2 aromatic heterocycles. The number of aromatic amines is 1. The molecule has 4 heterocycles. The lowest BCUT2D eigenvalue weighted by atomic mass is 9.91. The average Bonchev–Trinajstić information content (AvgIpc) is 3.38. The van der Waals surface area contributed by atoms with Crippen LogP contribution in [-0.2, 0) is 18.8 Å². The van der Waals surface area contributed by atoms with Gasteiger partial charge in [0.25, 0.3) is 5.91 Å². The zero-order valence-electron chi connectivity index (χ0n) is 22.1. The number of nitrogens with zero attached hydrogens (tertiary/aromatic N) is 4. The van der Waals surface area contributed by atoms with Crippen molar-refractivity contribution in [3.63, 3.8) is 0 Å². The van der Waals surface area contributed by atoms with Crippen LogP contribution in [0, 0.1) is 0 Å². The summed E-state index contributed by atoms with van der Waals surface area (Å²) in [5.74, 6) is -0.861. The number of benzene rings is 2. The van der Waals surface area contributed by atoms with Crippen LogP contribution < -0.4 is 0 Å². The highest BCUT2D eigenvalue weighted by Gasteiger charge is 2.41. The van der Waals surface area contributed by atoms with Crippen molar-refractivity contribution in [2.45, 2.75) is 43.7 Å². The number of rotatable bonds is 4. The fourth-order valence-electron chi connectivity index (χ4n) is 5.86. The van der Waals surface area contributed by atoms with Gasteiger partial charge in [0.15, 0.2) is 0 Å². The summed E-state index contributed by atoms with van der Waals surface area (Å²) in [5.41, 5.74) is -0.190. The van der Waals surface area contributed by atoms with Crippen LogP contribution >= 0.6 is 0 Å². The van der Waals surface area contributed by atoms with Gasteiger partial charge in [-0.05, 0) is 54.7 Å². The number of carbonyl (C=O) groups excluding carboxylic acids is 1. The van der Waals surface area contributed by atoms with Crippen molar-refractivity contribution in [2.75, 3.05) is 13.1 Å². The van der Waals surface area contributed by atoms with Crippen LogP contribution in [0.2, 0.25) is 0 Å². The van der Waals surface area contributed by atoms with Gasteiger partial charge in [-0.15, -0.1) is 0 Å². The second-order valence-electron chi connectivity index (χ2n) is 10.6. The molecule has 4 aromatic rings. The van der Waals surface area contributed by atoms with E-state index in [1.54, 1.807) is 18.6 Å². The number of allylic oxidation sites excluding steroid dienone is 1. The van der Waals surface area contributed by atoms with Crippen molar-refractivity contribution in [1.29, 1.82) is 0 Å². The molecule has 42 heavy (non-hydrogen) atoms. The van der Waals surface area contributed by atoms with E-state index in [9.17, 15) is 31.1 Å². The highest BCUT2D eigenvalue weighted by molar-refractivity contribution is 5.95. The lowest BCUT2D eigenvalue weighted by Crippen LogP contribution is -2.59. The Morgan fingerprint density at radius 3 is 2.40 bits per heavy atom. The van der Waals surface area contributed by atoms with Crippen LogP contribution in [0.1, 0.15) is 45.6 Å². The molecule has 0 spiro atoms. The molecular formula is C30H25F6N5O. The molecule has 0 bridgehead atoms. The number of nitrogens with one attached hydrogen (secondary N) is 1. The van der Waals surface area contributed by atoms with Crippen molar-refractivity contribution in [3.05, 3.63) is 101 Å². The van der Waals surface area contributed by atoms with Gasteiger partial charge in [0, 0.05) is 60.4 Å². The number of carbonyl (C=O) groups is 1. The monoisotopic (exact) mass is 585 g/mol. The first-order chi connectivity index (χ1) is 20.0. The molecule has 12 heteroatoms. The molecule has 0 radical (unpaired) electrons. The molecule has 2 aliphatic heterocycles. The molecule has 0 aliphatic carbocycles. The highest BCUT2D eigenvalue weighted by Crippen LogP contribution is 2.38. The minimum absolute atomic E-state index is 0.0398. The topological polar surface area (TPSA) is 65.1 Å². The van der Waals surface area contributed by atoms with E-state index in [0.717, 1.165) is 27.7 Å². The molecule has 0 saturated carbocycles. The van der Waals surface area contributed by atoms with E-state index in [1.165, 1.54) is 4.90 Å². The third-order valence-electron chi connectivity index (χ3n) is 7.93. The SMILES string of the molecule is O=C(c1cc(C(F)(F)F)cc(C(F)(F)F)c1)N1CC2CCC(c3cnccn3)=CN2C[C@H]1Cc1c[nH]c2ccccc12. The maximum atomic E-state index is 13.9. The molecule has 1 amide bonds. The standard InChI is InChI=1S/C30H25F6N5O/c31-29(32,33)21-9-19(10-22(12-21)30(34,35)36)28(42)41-17-23-6-5-18(27-14-37-7-8-38-27)15-40(23)16-24(41)11-20-13-39-26-4-2-1-3-25(20)26/h1-4,7-10,12-15,23-24,39H,5-6,11,16-17H2/t23?,24-/m1/s1. The van der Waals surface area contributed by atoms with E-state index < -0.39 is 41.0 Å². The second kappa shape index (κ2) is 10.5. The lowest BCUT2D eigenvalue weighted by molar-refractivity contribution is -0.143. The Balaban J connectivity index is 1.38. The number of hydrogen-bond acceptors (Lipinski definition) is 4. The first-order valence-corrected chi connectivity index (χ1v) is 13.4. The number of alkyl halides is 6. The van der Waals surface area contributed by atoms with Gasteiger partial charge in [-0.25, -0.2) is 0 Å². The summed E-state index contributed by atoms with van der Waals surface area (Å²) in [7, 11) is 0. The number of halogens is 6. The Hall–Kier alpha value is -4.35. The largest absolute Gasteiger partial charge is 0.416 e. The minimum Gasteiger partial charge on any atom is -0.370 e. The Morgan fingerprint density at radius 1 is 0.976 bits per heavy atom. The Bertz CT molecular complexity index is 1610. The van der Waals surface area contributed by atoms with Gasteiger partial charge < -0.3 is 14.8 Å². The molecular weight excluding hydrogens is 560 g/mol. The number of piperazine rings is 1. The highest BCUT2D eigenvalue weighted by atomic mass is 19.4. The molecule has 2 aromatic carbocycles. The van der Waals surface area contributed by atoms with E-state index >= 15 is 0 Å². The molecule has 1 unspecified atom stereocenters. The molecule has 6 nitrogen and oxygen atoms in total. The average molecular weight is 586 g/mol. The predicted molar refractivity (Wildman–Crippen MR) is 143 cm³/mol. The van der Waals surface area contributed by atoms with Crippen LogP contribution in [-0.4, -0.2) is 55.8 Å². The van der Waals surface area contributed by atoms with Gasteiger partial charge >= 0.3 is 12.4 Å². The molecule has 218 valence electrons. The molecule has 2 aliphatic rings. The zero-order chi connectivity index (χ0) is 29.6. The number of aromatic nitrogens is 3. The van der Waals surface area contributed by atoms with E-state index in [-0.39, 0.29) is 18.7 Å². The van der Waals surface area contributed by atoms with E-state index in [4.69, 9.17) is 0 Å². The maximum absolute atomic E-state index is 13.9. The molecule has 1 N–H and O–H groups in total. The van der Waals surface area contributed by atoms with Gasteiger partial charge in [-0.2, -0.15) is 26.3 Å². The quantitative estimate of drug-likeness (QED) is 0.275. The number of hydrogen-bond donors (Lipinski definition) is 1. The van der Waals surface area contributed by atoms with Crippen LogP contribution in [0.15, 0.2) is 73.5 Å². The third-order valence-corrected chi connectivity index (χ3v) is 7.93. The van der Waals surface area contributed by atoms with Crippen LogP contribution in [0.25, 0.3) is 16.5 Å². The zero-order valence-corrected chi connectivity index (χ0v) is 22.1. The van der Waals surface area contributed by atoms with Gasteiger partial charge in [0.1, 0.15) is 0 Å². The molecule has 2 atom stereocenters. The maximum Gasteiger partial charge on any atom is 0.416 e. The normalized spacial score (nSPS) is 19.5. The van der Waals surface area contributed by atoms with E-state index in [0.29, 0.717) is 37.9 Å². The summed E-state index contributed by atoms with van der Waals surface area (Å²) < 4.78 is 81.6. The summed E-state index contributed by atoms with van der Waals surface area (Å²) in [5, 5.41) is 0.930. The van der Waals surface area contributed by atoms with Crippen LogP contribution in [0.4, 0.5) is 26.3 Å². The van der Waals surface area contributed by atoms with E-state index in [1.807, 2.05) is 36.7 Å². The first-order valence-electron chi connectivity index (χ1n) is 13.4. The van der Waals surface area contributed by atoms with Gasteiger partial charge in [0.2, 0.25) is 0 Å². The van der Waals surface area contributed by atoms with Gasteiger partial charge in [-0.3, -0.25) is 14.8 Å². The van der Waals surface area contributed by atoms with Crippen molar-refractivity contribution in [3.8, 4) is 0 Å². The lowest BCUT2D eigenvalue weighted by Gasteiger charge is -2.48. The first kappa shape index (κ1) is 27.8. The number of para-hydroxylation sites is 1. The summed E-state index contributed by atoms with van der Waals surface area (Å²) in [4.78, 5) is 29.1. The van der Waals surface area contributed by atoms with Crippen molar-refractivity contribution in [1.82, 2.24) is 24.8 Å². The predicted octanol–water partition coefficient (Wildman–Crippen LogP) is 6.57. The van der Waals surface area contributed by atoms with Crippen molar-refractivity contribution < 1.29 is 31.1 Å².